The Morgan fingerprint density at radius 2 is 2.09 bits per heavy atom. The first kappa shape index (κ1) is 12.8. The van der Waals surface area contributed by atoms with Crippen LogP contribution < -0.4 is 10.5 Å². The van der Waals surface area contributed by atoms with Crippen molar-refractivity contribution in [1.29, 1.82) is 0 Å². The molecule has 1 N–H and O–H groups in total. The van der Waals surface area contributed by atoms with Gasteiger partial charge >= 0.3 is 0 Å². The Morgan fingerprint density at radius 3 is 3.04 bits per heavy atom. The normalized spacial score (nSPS) is 23.0. The van der Waals surface area contributed by atoms with Gasteiger partial charge in [0, 0.05) is 37.3 Å². The zero-order valence-corrected chi connectivity index (χ0v) is 12.5. The highest BCUT2D eigenvalue weighted by atomic mass is 16.1. The number of hydrogen-bond donors (Lipinski definition) is 1. The van der Waals surface area contributed by atoms with E-state index in [1.165, 1.54) is 0 Å². The summed E-state index contributed by atoms with van der Waals surface area (Å²) in [6, 6.07) is 5.60. The summed E-state index contributed by atoms with van der Waals surface area (Å²) in [6.45, 7) is 2.56. The number of nitrogens with zero attached hydrogens (tertiary/aromatic N) is 5. The second kappa shape index (κ2) is 4.65. The quantitative estimate of drug-likeness (QED) is 0.729. The number of imidazole rings is 1. The minimum Gasteiger partial charge on any atom is -0.354 e. The maximum absolute atomic E-state index is 12.1. The lowest BCUT2D eigenvalue weighted by molar-refractivity contribution is 0.281. The van der Waals surface area contributed by atoms with Gasteiger partial charge in [0.05, 0.1) is 6.33 Å². The van der Waals surface area contributed by atoms with Crippen LogP contribution in [0.3, 0.4) is 0 Å². The van der Waals surface area contributed by atoms with Crippen LogP contribution in [-0.4, -0.2) is 37.6 Å². The second-order valence-corrected chi connectivity index (χ2v) is 6.40. The third kappa shape index (κ3) is 1.89. The summed E-state index contributed by atoms with van der Waals surface area (Å²) in [4.78, 5) is 30.4. The largest absolute Gasteiger partial charge is 0.354 e. The number of aromatic amines is 1. The number of H-pyrrole nitrogens is 1. The first-order valence-corrected chi connectivity index (χ1v) is 7.88. The Hall–Kier alpha value is -2.70. The summed E-state index contributed by atoms with van der Waals surface area (Å²) < 4.78 is 1.95. The van der Waals surface area contributed by atoms with Gasteiger partial charge in [-0.15, -0.1) is 0 Å². The van der Waals surface area contributed by atoms with E-state index in [1.807, 2.05) is 10.6 Å². The van der Waals surface area contributed by atoms with Crippen LogP contribution in [-0.2, 0) is 6.54 Å². The van der Waals surface area contributed by atoms with Crippen LogP contribution in [0.1, 0.15) is 18.0 Å². The van der Waals surface area contributed by atoms with Gasteiger partial charge in [0.25, 0.3) is 5.56 Å². The van der Waals surface area contributed by atoms with E-state index in [4.69, 9.17) is 0 Å². The molecule has 3 aromatic rings. The third-order valence-corrected chi connectivity index (χ3v) is 4.98. The highest BCUT2D eigenvalue weighted by molar-refractivity contribution is 5.82. The predicted molar refractivity (Wildman–Crippen MR) is 85.4 cm³/mol. The molecule has 5 rings (SSSR count). The molecule has 2 atom stereocenters. The molecule has 7 heteroatoms. The van der Waals surface area contributed by atoms with Crippen LogP contribution in [0.25, 0.3) is 11.2 Å². The molecule has 0 unspecified atom stereocenters. The molecular weight excluding hydrogens is 292 g/mol. The van der Waals surface area contributed by atoms with Crippen molar-refractivity contribution in [3.8, 4) is 0 Å². The van der Waals surface area contributed by atoms with Crippen LogP contribution in [0.5, 0.6) is 0 Å². The molecule has 23 heavy (non-hydrogen) atoms. The number of aromatic nitrogens is 5. The van der Waals surface area contributed by atoms with Crippen molar-refractivity contribution in [2.24, 2.45) is 5.92 Å². The van der Waals surface area contributed by atoms with Crippen LogP contribution in [0.2, 0.25) is 0 Å². The molecule has 2 bridgehead atoms. The second-order valence-electron chi connectivity index (χ2n) is 6.40. The average Bonchev–Trinajstić information content (AvgIpc) is 3.04. The number of fused-ring (bicyclic) bond motifs is 5. The predicted octanol–water partition coefficient (Wildman–Crippen LogP) is 1.14. The minimum atomic E-state index is 0.114. The van der Waals surface area contributed by atoms with Crippen molar-refractivity contribution in [3.63, 3.8) is 0 Å². The minimum absolute atomic E-state index is 0.114. The summed E-state index contributed by atoms with van der Waals surface area (Å²) >= 11 is 0. The fourth-order valence-corrected chi connectivity index (χ4v) is 4.06. The Bertz CT molecular complexity index is 945. The Labute approximate surface area is 132 Å². The number of hydrogen-bond acceptors (Lipinski definition) is 5. The Balaban J connectivity index is 1.57. The molecule has 116 valence electrons. The molecule has 0 saturated carbocycles. The molecule has 0 aromatic carbocycles. The van der Waals surface area contributed by atoms with Gasteiger partial charge in [0.15, 0.2) is 11.5 Å². The molecule has 3 aromatic heterocycles. The van der Waals surface area contributed by atoms with E-state index < -0.39 is 0 Å². The number of rotatable bonds is 1. The van der Waals surface area contributed by atoms with Crippen molar-refractivity contribution in [1.82, 2.24) is 24.5 Å². The van der Waals surface area contributed by atoms with Gasteiger partial charge < -0.3 is 14.5 Å². The average molecular weight is 308 g/mol. The number of anilines is 1. The van der Waals surface area contributed by atoms with Crippen LogP contribution in [0, 0.1) is 5.92 Å². The van der Waals surface area contributed by atoms with E-state index in [1.54, 1.807) is 18.7 Å². The van der Waals surface area contributed by atoms with Gasteiger partial charge in [0.1, 0.15) is 11.8 Å². The van der Waals surface area contributed by atoms with E-state index in [-0.39, 0.29) is 5.56 Å². The first-order valence-electron chi connectivity index (χ1n) is 7.88. The van der Waals surface area contributed by atoms with Crippen LogP contribution >= 0.6 is 0 Å². The van der Waals surface area contributed by atoms with Crippen molar-refractivity contribution in [2.75, 3.05) is 18.0 Å². The van der Waals surface area contributed by atoms with Gasteiger partial charge in [-0.1, -0.05) is 6.07 Å². The van der Waals surface area contributed by atoms with Crippen LogP contribution in [0.4, 0.5) is 5.82 Å². The maximum atomic E-state index is 12.1. The van der Waals surface area contributed by atoms with Crippen molar-refractivity contribution in [2.45, 2.75) is 18.9 Å². The van der Waals surface area contributed by atoms with Gasteiger partial charge in [-0.2, -0.15) is 0 Å². The van der Waals surface area contributed by atoms with E-state index in [0.717, 1.165) is 43.1 Å². The summed E-state index contributed by atoms with van der Waals surface area (Å²) in [5.41, 5.74) is 2.84. The summed E-state index contributed by atoms with van der Waals surface area (Å²) in [7, 11) is 0. The molecule has 1 saturated heterocycles. The molecule has 0 spiro atoms. The summed E-state index contributed by atoms with van der Waals surface area (Å²) in [5, 5.41) is 0. The smallest absolute Gasteiger partial charge is 0.250 e. The topological polar surface area (TPSA) is 79.7 Å². The number of piperidine rings is 1. The highest BCUT2D eigenvalue weighted by Gasteiger charge is 2.35. The molecular formula is C16H16N6O. The lowest BCUT2D eigenvalue weighted by Gasteiger charge is -2.43. The highest BCUT2D eigenvalue weighted by Crippen LogP contribution is 2.37. The maximum Gasteiger partial charge on any atom is 0.250 e. The summed E-state index contributed by atoms with van der Waals surface area (Å²) in [5.74, 6) is 1.74. The monoisotopic (exact) mass is 308 g/mol. The van der Waals surface area contributed by atoms with Crippen molar-refractivity contribution in [3.05, 3.63) is 46.9 Å². The molecule has 0 aliphatic carbocycles. The summed E-state index contributed by atoms with van der Waals surface area (Å²) in [6.07, 6.45) is 4.36. The zero-order chi connectivity index (χ0) is 15.4. The third-order valence-electron chi connectivity index (χ3n) is 4.98. The molecule has 7 nitrogen and oxygen atoms in total. The fraction of sp³-hybridized carbons (Fsp3) is 0.375. The molecule has 2 aliphatic heterocycles. The van der Waals surface area contributed by atoms with E-state index >= 15 is 0 Å². The van der Waals surface area contributed by atoms with Crippen LogP contribution in [0.15, 0.2) is 35.6 Å². The van der Waals surface area contributed by atoms with E-state index in [0.29, 0.717) is 17.5 Å². The van der Waals surface area contributed by atoms with Gasteiger partial charge in [-0.3, -0.25) is 4.79 Å². The Morgan fingerprint density at radius 1 is 1.13 bits per heavy atom. The molecule has 1 fully saturated rings. The molecule has 5 heterocycles. The van der Waals surface area contributed by atoms with E-state index in [9.17, 15) is 4.79 Å². The Kier molecular flexibility index (Phi) is 2.59. The molecule has 2 aliphatic rings. The zero-order valence-electron chi connectivity index (χ0n) is 12.5. The standard InChI is InChI=1S/C16H16N6O/c23-13-3-1-2-12-11-4-10(6-22(12)13)5-21(7-11)16-14-15(18-8-17-14)19-9-20-16/h1-3,8-11H,4-7H2,(H,17,18,19,20)/t10-,11+/m1/s1. The fourth-order valence-electron chi connectivity index (χ4n) is 4.06. The van der Waals surface area contributed by atoms with Gasteiger partial charge in [-0.05, 0) is 18.4 Å². The van der Waals surface area contributed by atoms with E-state index in [2.05, 4.69) is 30.9 Å². The van der Waals surface area contributed by atoms with Gasteiger partial charge in [-0.25, -0.2) is 15.0 Å². The molecule has 0 amide bonds. The van der Waals surface area contributed by atoms with Crippen molar-refractivity contribution >= 4 is 17.0 Å². The van der Waals surface area contributed by atoms with Gasteiger partial charge in [0.2, 0.25) is 0 Å². The lowest BCUT2D eigenvalue weighted by atomic mass is 9.83. The van der Waals surface area contributed by atoms with Crippen molar-refractivity contribution < 1.29 is 0 Å². The number of nitrogens with one attached hydrogen (secondary N) is 1. The SMILES string of the molecule is O=c1cccc2n1C[C@@H]1C[C@H]2CN(c2ncnc3nc[nH]c23)C1. The lowest BCUT2D eigenvalue weighted by Crippen LogP contribution is -2.47. The number of pyridine rings is 1. The molecule has 0 radical (unpaired) electrons. The first-order chi connectivity index (χ1) is 11.3.